The van der Waals surface area contributed by atoms with Gasteiger partial charge in [0, 0.05) is 25.2 Å². The Morgan fingerprint density at radius 1 is 1.44 bits per heavy atom. The predicted molar refractivity (Wildman–Crippen MR) is 68.0 cm³/mol. The summed E-state index contributed by atoms with van der Waals surface area (Å²) in [5, 5.41) is 19.0. The van der Waals surface area contributed by atoms with Crippen molar-refractivity contribution in [1.82, 2.24) is 4.90 Å². The topological polar surface area (TPSA) is 70.0 Å². The van der Waals surface area contributed by atoms with Crippen LogP contribution in [0, 0.1) is 0 Å². The number of benzene rings is 1. The molecule has 0 aliphatic carbocycles. The molecule has 0 bridgehead atoms. The normalized spacial score (nSPS) is 10.4. The first-order valence-corrected chi connectivity index (χ1v) is 5.85. The highest BCUT2D eigenvalue weighted by Crippen LogP contribution is 2.23. The zero-order valence-corrected chi connectivity index (χ0v) is 10.9. The summed E-state index contributed by atoms with van der Waals surface area (Å²) in [6.45, 7) is 0.742. The molecular weight excluding hydrogens is 258 g/mol. The Bertz CT molecular complexity index is 411. The SMILES string of the molecule is COCCN(CCO)C(=O)c1ccc(Cl)cc1O. The Morgan fingerprint density at radius 2 is 2.17 bits per heavy atom. The van der Waals surface area contributed by atoms with Gasteiger partial charge < -0.3 is 19.8 Å². The smallest absolute Gasteiger partial charge is 0.257 e. The average molecular weight is 274 g/mol. The number of nitrogens with zero attached hydrogens (tertiary/aromatic N) is 1. The van der Waals surface area contributed by atoms with E-state index in [-0.39, 0.29) is 30.4 Å². The van der Waals surface area contributed by atoms with Crippen molar-refractivity contribution in [1.29, 1.82) is 0 Å². The molecule has 0 aliphatic heterocycles. The summed E-state index contributed by atoms with van der Waals surface area (Å²) in [5.41, 5.74) is 0.156. The van der Waals surface area contributed by atoms with Crippen LogP contribution in [0.3, 0.4) is 0 Å². The van der Waals surface area contributed by atoms with Gasteiger partial charge in [0.2, 0.25) is 0 Å². The summed E-state index contributed by atoms with van der Waals surface area (Å²) in [5.74, 6) is -0.539. The first-order valence-electron chi connectivity index (χ1n) is 5.47. The molecule has 0 fully saturated rings. The number of aromatic hydroxyl groups is 1. The van der Waals surface area contributed by atoms with E-state index in [9.17, 15) is 9.90 Å². The van der Waals surface area contributed by atoms with E-state index in [1.807, 2.05) is 0 Å². The van der Waals surface area contributed by atoms with Gasteiger partial charge in [-0.25, -0.2) is 0 Å². The van der Waals surface area contributed by atoms with Gasteiger partial charge in [-0.15, -0.1) is 0 Å². The average Bonchev–Trinajstić information content (AvgIpc) is 2.33. The Labute approximate surface area is 111 Å². The van der Waals surface area contributed by atoms with Gasteiger partial charge in [-0.2, -0.15) is 0 Å². The highest BCUT2D eigenvalue weighted by Gasteiger charge is 2.18. The van der Waals surface area contributed by atoms with E-state index in [1.165, 1.54) is 30.2 Å². The molecule has 0 aromatic heterocycles. The van der Waals surface area contributed by atoms with E-state index in [0.29, 0.717) is 18.2 Å². The molecule has 0 saturated carbocycles. The molecule has 100 valence electrons. The Morgan fingerprint density at radius 3 is 2.72 bits per heavy atom. The monoisotopic (exact) mass is 273 g/mol. The van der Waals surface area contributed by atoms with Crippen LogP contribution >= 0.6 is 11.6 Å². The van der Waals surface area contributed by atoms with Gasteiger partial charge in [0.15, 0.2) is 0 Å². The third-order valence-corrected chi connectivity index (χ3v) is 2.65. The molecule has 0 spiro atoms. The summed E-state index contributed by atoms with van der Waals surface area (Å²) in [4.78, 5) is 13.5. The summed E-state index contributed by atoms with van der Waals surface area (Å²) >= 11 is 5.70. The van der Waals surface area contributed by atoms with Gasteiger partial charge in [0.05, 0.1) is 18.8 Å². The fourth-order valence-electron chi connectivity index (χ4n) is 1.49. The minimum atomic E-state index is -0.365. The molecule has 1 aromatic rings. The highest BCUT2D eigenvalue weighted by molar-refractivity contribution is 6.30. The van der Waals surface area contributed by atoms with Crippen molar-refractivity contribution >= 4 is 17.5 Å². The molecule has 0 radical (unpaired) electrons. The van der Waals surface area contributed by atoms with Crippen molar-refractivity contribution < 1.29 is 19.7 Å². The maximum atomic E-state index is 12.1. The molecule has 1 aromatic carbocycles. The van der Waals surface area contributed by atoms with E-state index < -0.39 is 0 Å². The third kappa shape index (κ3) is 3.87. The lowest BCUT2D eigenvalue weighted by Gasteiger charge is -2.21. The summed E-state index contributed by atoms with van der Waals surface area (Å²) in [7, 11) is 1.53. The lowest BCUT2D eigenvalue weighted by atomic mass is 10.1. The highest BCUT2D eigenvalue weighted by atomic mass is 35.5. The number of halogens is 1. The second-order valence-corrected chi connectivity index (χ2v) is 4.11. The number of phenols is 1. The Kier molecular flexibility index (Phi) is 5.91. The standard InChI is InChI=1S/C12H16ClNO4/c1-18-7-5-14(4-6-15)12(17)10-3-2-9(13)8-11(10)16/h2-3,8,15-16H,4-7H2,1H3. The van der Waals surface area contributed by atoms with Crippen LogP contribution in [0.2, 0.25) is 5.02 Å². The maximum absolute atomic E-state index is 12.1. The number of aliphatic hydroxyl groups is 1. The van der Waals surface area contributed by atoms with Crippen LogP contribution in [0.1, 0.15) is 10.4 Å². The summed E-state index contributed by atoms with van der Waals surface area (Å²) in [6.07, 6.45) is 0. The van der Waals surface area contributed by atoms with Crippen molar-refractivity contribution in [2.75, 3.05) is 33.4 Å². The second kappa shape index (κ2) is 7.20. The Hall–Kier alpha value is -1.30. The van der Waals surface area contributed by atoms with Crippen molar-refractivity contribution in [3.05, 3.63) is 28.8 Å². The maximum Gasteiger partial charge on any atom is 0.257 e. The minimum Gasteiger partial charge on any atom is -0.507 e. The number of carbonyl (C=O) groups is 1. The number of hydrogen-bond donors (Lipinski definition) is 2. The summed E-state index contributed by atoms with van der Waals surface area (Å²) in [6, 6.07) is 4.29. The van der Waals surface area contributed by atoms with Crippen LogP contribution < -0.4 is 0 Å². The fourth-order valence-corrected chi connectivity index (χ4v) is 1.66. The first-order chi connectivity index (χ1) is 8.60. The fraction of sp³-hybridized carbons (Fsp3) is 0.417. The Balaban J connectivity index is 2.87. The predicted octanol–water partition coefficient (Wildman–Crippen LogP) is 1.13. The molecule has 18 heavy (non-hydrogen) atoms. The molecule has 6 heteroatoms. The molecule has 0 atom stereocenters. The molecule has 0 aliphatic rings. The number of aliphatic hydroxyl groups excluding tert-OH is 1. The molecule has 1 amide bonds. The zero-order valence-electron chi connectivity index (χ0n) is 10.1. The number of ether oxygens (including phenoxy) is 1. The van der Waals surface area contributed by atoms with Gasteiger partial charge in [0.1, 0.15) is 5.75 Å². The molecule has 5 nitrogen and oxygen atoms in total. The lowest BCUT2D eigenvalue weighted by Crippen LogP contribution is -2.36. The lowest BCUT2D eigenvalue weighted by molar-refractivity contribution is 0.0653. The van der Waals surface area contributed by atoms with Crippen molar-refractivity contribution in [2.24, 2.45) is 0 Å². The van der Waals surface area contributed by atoms with E-state index in [0.717, 1.165) is 0 Å². The van der Waals surface area contributed by atoms with Crippen LogP contribution in [-0.4, -0.2) is 54.4 Å². The number of rotatable bonds is 6. The van der Waals surface area contributed by atoms with Gasteiger partial charge in [0.25, 0.3) is 5.91 Å². The van der Waals surface area contributed by atoms with E-state index in [1.54, 1.807) is 0 Å². The zero-order chi connectivity index (χ0) is 13.5. The van der Waals surface area contributed by atoms with Crippen molar-refractivity contribution in [3.8, 4) is 5.75 Å². The van der Waals surface area contributed by atoms with Gasteiger partial charge >= 0.3 is 0 Å². The molecule has 0 unspecified atom stereocenters. The third-order valence-electron chi connectivity index (χ3n) is 2.41. The summed E-state index contributed by atoms with van der Waals surface area (Å²) < 4.78 is 4.89. The minimum absolute atomic E-state index is 0.149. The quantitative estimate of drug-likeness (QED) is 0.815. The number of methoxy groups -OCH3 is 1. The van der Waals surface area contributed by atoms with E-state index in [2.05, 4.69) is 0 Å². The van der Waals surface area contributed by atoms with Crippen LogP contribution in [-0.2, 0) is 4.74 Å². The van der Waals surface area contributed by atoms with Gasteiger partial charge in [-0.05, 0) is 18.2 Å². The second-order valence-electron chi connectivity index (χ2n) is 3.67. The first kappa shape index (κ1) is 14.8. The van der Waals surface area contributed by atoms with Crippen molar-refractivity contribution in [2.45, 2.75) is 0 Å². The number of phenolic OH excluding ortho intramolecular Hbond substituents is 1. The van der Waals surface area contributed by atoms with Gasteiger partial charge in [-0.1, -0.05) is 11.6 Å². The number of carbonyl (C=O) groups excluding carboxylic acids is 1. The van der Waals surface area contributed by atoms with Crippen LogP contribution in [0.4, 0.5) is 0 Å². The van der Waals surface area contributed by atoms with Crippen LogP contribution in [0.15, 0.2) is 18.2 Å². The van der Waals surface area contributed by atoms with Crippen LogP contribution in [0.25, 0.3) is 0 Å². The van der Waals surface area contributed by atoms with Crippen LogP contribution in [0.5, 0.6) is 5.75 Å². The van der Waals surface area contributed by atoms with E-state index in [4.69, 9.17) is 21.4 Å². The largest absolute Gasteiger partial charge is 0.507 e. The van der Waals surface area contributed by atoms with Crippen molar-refractivity contribution in [3.63, 3.8) is 0 Å². The molecular formula is C12H16ClNO4. The van der Waals surface area contributed by atoms with Gasteiger partial charge in [-0.3, -0.25) is 4.79 Å². The molecule has 0 saturated heterocycles. The molecule has 2 N–H and O–H groups in total. The van der Waals surface area contributed by atoms with E-state index >= 15 is 0 Å². The molecule has 0 heterocycles. The molecule has 1 rings (SSSR count). The number of hydrogen-bond acceptors (Lipinski definition) is 4. The number of amides is 1.